The topological polar surface area (TPSA) is 78.9 Å². The molecule has 3 N–H and O–H groups in total. The predicted molar refractivity (Wildman–Crippen MR) is 70.6 cm³/mol. The van der Waals surface area contributed by atoms with Gasteiger partial charge in [-0.1, -0.05) is 12.1 Å². The van der Waals surface area contributed by atoms with Gasteiger partial charge >= 0.3 is 0 Å². The zero-order valence-corrected chi connectivity index (χ0v) is 11.1. The minimum Gasteiger partial charge on any atom is -0.409 e. The molecule has 1 aromatic rings. The summed E-state index contributed by atoms with van der Waals surface area (Å²) in [4.78, 5) is 15.5. The molecule has 0 saturated heterocycles. The van der Waals surface area contributed by atoms with Gasteiger partial charge in [-0.05, 0) is 29.9 Å². The molecule has 1 amide bonds. The van der Waals surface area contributed by atoms with Crippen LogP contribution >= 0.6 is 11.3 Å². The van der Waals surface area contributed by atoms with Crippen molar-refractivity contribution in [1.29, 1.82) is 0 Å². The van der Waals surface area contributed by atoms with E-state index in [1.165, 1.54) is 10.4 Å². The van der Waals surface area contributed by atoms with Crippen LogP contribution in [0.4, 0.5) is 0 Å². The maximum atomic E-state index is 12.3. The minimum atomic E-state index is -0.518. The molecule has 18 heavy (non-hydrogen) atoms. The first-order valence-electron chi connectivity index (χ1n) is 5.98. The van der Waals surface area contributed by atoms with Crippen molar-refractivity contribution in [2.24, 2.45) is 16.8 Å². The Morgan fingerprint density at radius 2 is 2.50 bits per heavy atom. The van der Waals surface area contributed by atoms with Crippen LogP contribution in [0, 0.1) is 5.92 Å². The van der Waals surface area contributed by atoms with Gasteiger partial charge in [0.2, 0.25) is 5.91 Å². The Morgan fingerprint density at radius 3 is 3.17 bits per heavy atom. The summed E-state index contributed by atoms with van der Waals surface area (Å²) in [5.74, 6) is -0.571. The molecule has 1 aliphatic rings. The number of fused-ring (bicyclic) bond motifs is 1. The van der Waals surface area contributed by atoms with Gasteiger partial charge in [-0.3, -0.25) is 4.79 Å². The van der Waals surface area contributed by atoms with E-state index >= 15 is 0 Å². The summed E-state index contributed by atoms with van der Waals surface area (Å²) in [7, 11) is 0. The molecule has 1 aromatic heterocycles. The average Bonchev–Trinajstić information content (AvgIpc) is 2.86. The van der Waals surface area contributed by atoms with E-state index in [4.69, 9.17) is 10.9 Å². The van der Waals surface area contributed by atoms with E-state index in [0.717, 1.165) is 6.42 Å². The first-order valence-corrected chi connectivity index (χ1v) is 6.86. The van der Waals surface area contributed by atoms with Crippen LogP contribution in [0.5, 0.6) is 0 Å². The lowest BCUT2D eigenvalue weighted by atomic mass is 10.0. The SMILES string of the molecule is CCC(C(=O)N1CCc2sccc2C1)C(N)=NO. The normalized spacial score (nSPS) is 17.4. The van der Waals surface area contributed by atoms with Crippen molar-refractivity contribution in [1.82, 2.24) is 4.90 Å². The lowest BCUT2D eigenvalue weighted by Gasteiger charge is -2.29. The van der Waals surface area contributed by atoms with Gasteiger partial charge in [0, 0.05) is 18.0 Å². The number of nitrogens with zero attached hydrogens (tertiary/aromatic N) is 2. The maximum Gasteiger partial charge on any atom is 0.233 e. The van der Waals surface area contributed by atoms with Crippen LogP contribution in [0.3, 0.4) is 0 Å². The smallest absolute Gasteiger partial charge is 0.233 e. The van der Waals surface area contributed by atoms with Gasteiger partial charge in [0.05, 0.1) is 5.92 Å². The highest BCUT2D eigenvalue weighted by Crippen LogP contribution is 2.25. The Balaban J connectivity index is 2.11. The lowest BCUT2D eigenvalue weighted by Crippen LogP contribution is -2.43. The molecule has 0 saturated carbocycles. The number of amides is 1. The fraction of sp³-hybridized carbons (Fsp3) is 0.500. The summed E-state index contributed by atoms with van der Waals surface area (Å²) in [6.07, 6.45) is 1.44. The number of rotatable bonds is 3. The first kappa shape index (κ1) is 12.9. The van der Waals surface area contributed by atoms with E-state index in [-0.39, 0.29) is 11.7 Å². The summed E-state index contributed by atoms with van der Waals surface area (Å²) in [5.41, 5.74) is 6.78. The zero-order valence-electron chi connectivity index (χ0n) is 10.3. The van der Waals surface area contributed by atoms with Gasteiger partial charge in [-0.15, -0.1) is 11.3 Å². The second-order valence-electron chi connectivity index (χ2n) is 4.36. The first-order chi connectivity index (χ1) is 8.67. The number of thiophene rings is 1. The predicted octanol–water partition coefficient (Wildman–Crippen LogP) is 1.41. The summed E-state index contributed by atoms with van der Waals surface area (Å²) < 4.78 is 0. The second kappa shape index (κ2) is 5.39. The van der Waals surface area contributed by atoms with Gasteiger partial charge in [0.15, 0.2) is 5.84 Å². The monoisotopic (exact) mass is 267 g/mol. The van der Waals surface area contributed by atoms with Crippen LogP contribution in [0.1, 0.15) is 23.8 Å². The highest BCUT2D eigenvalue weighted by Gasteiger charge is 2.29. The van der Waals surface area contributed by atoms with Crippen LogP contribution in [0.15, 0.2) is 16.6 Å². The second-order valence-corrected chi connectivity index (χ2v) is 5.37. The maximum absolute atomic E-state index is 12.3. The van der Waals surface area contributed by atoms with Crippen LogP contribution < -0.4 is 5.73 Å². The molecule has 5 nitrogen and oxygen atoms in total. The van der Waals surface area contributed by atoms with Gasteiger partial charge in [-0.25, -0.2) is 0 Å². The molecule has 0 fully saturated rings. The van der Waals surface area contributed by atoms with Crippen molar-refractivity contribution < 1.29 is 10.0 Å². The minimum absolute atomic E-state index is 0.00128. The molecule has 2 heterocycles. The number of amidine groups is 1. The highest BCUT2D eigenvalue weighted by atomic mass is 32.1. The quantitative estimate of drug-likeness (QED) is 0.376. The molecular weight excluding hydrogens is 250 g/mol. The van der Waals surface area contributed by atoms with Gasteiger partial charge in [-0.2, -0.15) is 0 Å². The van der Waals surface area contributed by atoms with Crippen molar-refractivity contribution in [3.05, 3.63) is 21.9 Å². The highest BCUT2D eigenvalue weighted by molar-refractivity contribution is 7.10. The fourth-order valence-electron chi connectivity index (χ4n) is 2.24. The summed E-state index contributed by atoms with van der Waals surface area (Å²) in [6, 6.07) is 2.06. The van der Waals surface area contributed by atoms with E-state index in [2.05, 4.69) is 16.6 Å². The Kier molecular flexibility index (Phi) is 3.86. The lowest BCUT2D eigenvalue weighted by molar-refractivity contribution is -0.134. The Labute approximate surface area is 110 Å². The molecule has 0 bridgehead atoms. The van der Waals surface area contributed by atoms with Crippen molar-refractivity contribution in [2.75, 3.05) is 6.54 Å². The zero-order chi connectivity index (χ0) is 13.1. The fourth-order valence-corrected chi connectivity index (χ4v) is 3.13. The van der Waals surface area contributed by atoms with Crippen molar-refractivity contribution in [3.8, 4) is 0 Å². The molecule has 0 radical (unpaired) electrons. The summed E-state index contributed by atoms with van der Waals surface area (Å²) in [5, 5.41) is 13.7. The molecular formula is C12H17N3O2S. The van der Waals surface area contributed by atoms with Crippen molar-refractivity contribution >= 4 is 23.1 Å². The van der Waals surface area contributed by atoms with E-state index in [9.17, 15) is 4.79 Å². The summed E-state index contributed by atoms with van der Waals surface area (Å²) in [6.45, 7) is 3.20. The number of carbonyl (C=O) groups excluding carboxylic acids is 1. The Hall–Kier alpha value is -1.56. The Bertz CT molecular complexity index is 470. The van der Waals surface area contributed by atoms with Crippen LogP contribution in [0.25, 0.3) is 0 Å². The van der Waals surface area contributed by atoms with Crippen molar-refractivity contribution in [3.63, 3.8) is 0 Å². The standard InChI is InChI=1S/C12H17N3O2S/c1-2-9(11(13)14-17)12(16)15-5-3-10-8(7-15)4-6-18-10/h4,6,9,17H,2-3,5,7H2,1H3,(H2,13,14). The molecule has 1 atom stereocenters. The number of hydrogen-bond acceptors (Lipinski definition) is 4. The number of oxime groups is 1. The van der Waals surface area contributed by atoms with E-state index in [1.54, 1.807) is 16.2 Å². The van der Waals surface area contributed by atoms with Gasteiger partial charge in [0.1, 0.15) is 0 Å². The van der Waals surface area contributed by atoms with Crippen LogP contribution in [-0.2, 0) is 17.8 Å². The molecule has 0 spiro atoms. The largest absolute Gasteiger partial charge is 0.409 e. The van der Waals surface area contributed by atoms with E-state index in [0.29, 0.717) is 19.5 Å². The van der Waals surface area contributed by atoms with Crippen molar-refractivity contribution in [2.45, 2.75) is 26.3 Å². The molecule has 2 rings (SSSR count). The van der Waals surface area contributed by atoms with Crippen LogP contribution in [-0.4, -0.2) is 28.4 Å². The summed E-state index contributed by atoms with van der Waals surface area (Å²) >= 11 is 1.74. The molecule has 0 aromatic carbocycles. The third-order valence-corrected chi connectivity index (χ3v) is 4.32. The Morgan fingerprint density at radius 1 is 1.72 bits per heavy atom. The van der Waals surface area contributed by atoms with Crippen LogP contribution in [0.2, 0.25) is 0 Å². The third kappa shape index (κ3) is 2.33. The molecule has 98 valence electrons. The number of nitrogens with two attached hydrogens (primary N) is 1. The molecule has 0 aliphatic carbocycles. The molecule has 1 unspecified atom stereocenters. The van der Waals surface area contributed by atoms with E-state index in [1.807, 2.05) is 6.92 Å². The average molecular weight is 267 g/mol. The number of carbonyl (C=O) groups is 1. The van der Waals surface area contributed by atoms with Gasteiger partial charge < -0.3 is 15.8 Å². The number of hydrogen-bond donors (Lipinski definition) is 2. The van der Waals surface area contributed by atoms with Gasteiger partial charge in [0.25, 0.3) is 0 Å². The third-order valence-electron chi connectivity index (χ3n) is 3.30. The van der Waals surface area contributed by atoms with E-state index < -0.39 is 5.92 Å². The molecule has 1 aliphatic heterocycles. The molecule has 6 heteroatoms.